The maximum Gasteiger partial charge on any atom is 0.259 e. The molecule has 1 fully saturated rings. The number of hydrogen-bond donors (Lipinski definition) is 1. The summed E-state index contributed by atoms with van der Waals surface area (Å²) in [6.07, 6.45) is 6.84. The third-order valence-electron chi connectivity index (χ3n) is 5.10. The number of nitrogens with zero attached hydrogens (tertiary/aromatic N) is 1. The van der Waals surface area contributed by atoms with E-state index in [2.05, 4.69) is 12.3 Å². The van der Waals surface area contributed by atoms with Crippen molar-refractivity contribution in [2.75, 3.05) is 0 Å². The van der Waals surface area contributed by atoms with Crippen molar-refractivity contribution >= 4 is 23.0 Å². The molecule has 2 amide bonds. The zero-order chi connectivity index (χ0) is 21.5. The first kappa shape index (κ1) is 22.1. The largest absolute Gasteiger partial charge is 0.614 e. The van der Waals surface area contributed by atoms with Crippen LogP contribution in [0.2, 0.25) is 0 Å². The van der Waals surface area contributed by atoms with Gasteiger partial charge in [0.05, 0.1) is 0 Å². The van der Waals surface area contributed by atoms with E-state index < -0.39 is 22.5 Å². The van der Waals surface area contributed by atoms with Crippen molar-refractivity contribution in [3.8, 4) is 11.1 Å². The molecule has 1 N–H and O–H groups in total. The molecule has 1 heterocycles. The Morgan fingerprint density at radius 2 is 1.87 bits per heavy atom. The number of carbonyl (C=O) groups is 2. The Morgan fingerprint density at radius 1 is 1.17 bits per heavy atom. The van der Waals surface area contributed by atoms with Gasteiger partial charge < -0.3 is 4.55 Å². The molecule has 0 aliphatic carbocycles. The van der Waals surface area contributed by atoms with Gasteiger partial charge in [-0.15, -0.1) is 0 Å². The van der Waals surface area contributed by atoms with Gasteiger partial charge in [0.15, 0.2) is 0 Å². The molecule has 1 aliphatic heterocycles. The molecule has 2 aromatic rings. The Morgan fingerprint density at radius 3 is 2.57 bits per heavy atom. The van der Waals surface area contributed by atoms with Gasteiger partial charge in [-0.05, 0) is 28.7 Å². The molecule has 1 saturated heterocycles. The van der Waals surface area contributed by atoms with Crippen LogP contribution in [0, 0.1) is 5.92 Å². The fraction of sp³-hybridized carbons (Fsp3) is 0.333. The van der Waals surface area contributed by atoms with Crippen LogP contribution in [-0.4, -0.2) is 26.7 Å². The van der Waals surface area contributed by atoms with Crippen LogP contribution in [0.1, 0.15) is 38.7 Å². The molecule has 2 aromatic carbocycles. The smallest absolute Gasteiger partial charge is 0.259 e. The van der Waals surface area contributed by atoms with Crippen molar-refractivity contribution in [1.82, 2.24) is 10.4 Å². The molecule has 3 unspecified atom stereocenters. The van der Waals surface area contributed by atoms with Crippen LogP contribution < -0.4 is 5.43 Å². The Kier molecular flexibility index (Phi) is 7.71. The number of β-lactam (4-membered cyclic amide) rings is 1. The number of hydrogen-bond acceptors (Lipinski definition) is 3. The van der Waals surface area contributed by atoms with Crippen LogP contribution in [0.4, 0.5) is 0 Å². The van der Waals surface area contributed by atoms with Crippen LogP contribution in [-0.2, 0) is 26.5 Å². The van der Waals surface area contributed by atoms with E-state index >= 15 is 0 Å². The van der Waals surface area contributed by atoms with Crippen molar-refractivity contribution in [1.29, 1.82) is 0 Å². The van der Waals surface area contributed by atoms with Crippen LogP contribution in [0.5, 0.6) is 0 Å². The SMILES string of the molecule is CCCCC=CC1C(=O)N(NC(C)=O)C1[S+]([O-])Cc1ccccc1-c1ccccc1. The number of allylic oxidation sites excluding steroid dienone is 1. The van der Waals surface area contributed by atoms with E-state index in [-0.39, 0.29) is 11.8 Å². The summed E-state index contributed by atoms with van der Waals surface area (Å²) < 4.78 is 13.3. The summed E-state index contributed by atoms with van der Waals surface area (Å²) in [6, 6.07) is 17.8. The Hall–Kier alpha value is -2.57. The predicted octanol–water partition coefficient (Wildman–Crippen LogP) is 4.18. The van der Waals surface area contributed by atoms with Gasteiger partial charge in [-0.3, -0.25) is 15.0 Å². The highest BCUT2D eigenvalue weighted by Gasteiger charge is 2.54. The van der Waals surface area contributed by atoms with Gasteiger partial charge in [-0.25, -0.2) is 5.01 Å². The lowest BCUT2D eigenvalue weighted by Crippen LogP contribution is -2.69. The van der Waals surface area contributed by atoms with E-state index in [0.717, 1.165) is 36.0 Å². The van der Waals surface area contributed by atoms with Gasteiger partial charge in [-0.2, -0.15) is 0 Å². The number of hydrazine groups is 1. The van der Waals surface area contributed by atoms with Crippen LogP contribution in [0.25, 0.3) is 11.1 Å². The minimum absolute atomic E-state index is 0.215. The summed E-state index contributed by atoms with van der Waals surface area (Å²) in [6.45, 7) is 3.46. The number of benzene rings is 2. The third-order valence-corrected chi connectivity index (χ3v) is 6.74. The van der Waals surface area contributed by atoms with Gasteiger partial charge in [0.25, 0.3) is 5.91 Å². The quantitative estimate of drug-likeness (QED) is 0.284. The summed E-state index contributed by atoms with van der Waals surface area (Å²) in [5, 5.41) is 0.668. The number of unbranched alkanes of at least 4 members (excludes halogenated alkanes) is 2. The van der Waals surface area contributed by atoms with Crippen LogP contribution >= 0.6 is 0 Å². The standard InChI is InChI=1S/C24H28N2O3S/c1-3-4-5-9-16-22-23(28)26(25-18(2)27)24(22)30(29)17-20-14-10-11-15-21(20)19-12-7-6-8-13-19/h6-16,22,24H,3-5,17H2,1-2H3,(H,25,27). The highest BCUT2D eigenvalue weighted by Crippen LogP contribution is 2.34. The van der Waals surface area contributed by atoms with E-state index in [0.29, 0.717) is 5.75 Å². The highest BCUT2D eigenvalue weighted by molar-refractivity contribution is 7.91. The first-order chi connectivity index (χ1) is 14.5. The first-order valence-corrected chi connectivity index (χ1v) is 11.7. The Labute approximate surface area is 181 Å². The van der Waals surface area contributed by atoms with Crippen LogP contribution in [0.15, 0.2) is 66.7 Å². The van der Waals surface area contributed by atoms with E-state index in [9.17, 15) is 14.1 Å². The van der Waals surface area contributed by atoms with Crippen molar-refractivity contribution in [3.05, 3.63) is 72.3 Å². The van der Waals surface area contributed by atoms with Gasteiger partial charge in [-0.1, -0.05) is 86.5 Å². The number of nitrogens with one attached hydrogen (secondary N) is 1. The molecule has 5 nitrogen and oxygen atoms in total. The maximum absolute atomic E-state index is 13.3. The fourth-order valence-corrected chi connectivity index (χ4v) is 5.24. The monoisotopic (exact) mass is 424 g/mol. The minimum Gasteiger partial charge on any atom is -0.614 e. The average molecular weight is 425 g/mol. The number of amides is 2. The summed E-state index contributed by atoms with van der Waals surface area (Å²) in [5.41, 5.74) is 5.58. The summed E-state index contributed by atoms with van der Waals surface area (Å²) in [7, 11) is 0. The zero-order valence-electron chi connectivity index (χ0n) is 17.4. The van der Waals surface area contributed by atoms with E-state index in [1.165, 1.54) is 11.9 Å². The summed E-state index contributed by atoms with van der Waals surface area (Å²) in [5.74, 6) is -0.729. The van der Waals surface area contributed by atoms with E-state index in [4.69, 9.17) is 0 Å². The third kappa shape index (κ3) is 5.12. The molecule has 6 heteroatoms. The molecule has 30 heavy (non-hydrogen) atoms. The molecular formula is C24H28N2O3S. The lowest BCUT2D eigenvalue weighted by atomic mass is 9.99. The van der Waals surface area contributed by atoms with E-state index in [1.807, 2.05) is 66.7 Å². The lowest BCUT2D eigenvalue weighted by molar-refractivity contribution is -0.157. The molecule has 0 bridgehead atoms. The Bertz CT molecular complexity index is 900. The highest BCUT2D eigenvalue weighted by atomic mass is 32.2. The zero-order valence-corrected chi connectivity index (χ0v) is 18.2. The molecule has 3 rings (SSSR count). The molecule has 1 aliphatic rings. The van der Waals surface area contributed by atoms with Gasteiger partial charge in [0.2, 0.25) is 11.3 Å². The summed E-state index contributed by atoms with van der Waals surface area (Å²) in [4.78, 5) is 24.1. The molecule has 0 radical (unpaired) electrons. The lowest BCUT2D eigenvalue weighted by Gasteiger charge is -2.44. The van der Waals surface area contributed by atoms with Gasteiger partial charge >= 0.3 is 0 Å². The van der Waals surface area contributed by atoms with Crippen molar-refractivity contribution in [2.24, 2.45) is 5.92 Å². The number of carbonyl (C=O) groups excluding carboxylic acids is 2. The van der Waals surface area contributed by atoms with Crippen LogP contribution in [0.3, 0.4) is 0 Å². The predicted molar refractivity (Wildman–Crippen MR) is 120 cm³/mol. The van der Waals surface area contributed by atoms with E-state index in [1.54, 1.807) is 0 Å². The second-order valence-electron chi connectivity index (χ2n) is 7.41. The molecule has 0 aromatic heterocycles. The van der Waals surface area contributed by atoms with Gasteiger partial charge in [0, 0.05) is 12.5 Å². The van der Waals surface area contributed by atoms with Crippen molar-refractivity contribution in [3.63, 3.8) is 0 Å². The molecule has 158 valence electrons. The first-order valence-electron chi connectivity index (χ1n) is 10.3. The number of rotatable bonds is 9. The fourth-order valence-electron chi connectivity index (χ4n) is 3.58. The van der Waals surface area contributed by atoms with Crippen molar-refractivity contribution in [2.45, 2.75) is 44.2 Å². The minimum atomic E-state index is -1.38. The van der Waals surface area contributed by atoms with Gasteiger partial charge in [0.1, 0.15) is 11.7 Å². The summed E-state index contributed by atoms with van der Waals surface area (Å²) >= 11 is -1.38. The normalized spacial score (nSPS) is 19.6. The molecule has 3 atom stereocenters. The molecular weight excluding hydrogens is 396 g/mol. The molecule has 0 saturated carbocycles. The topological polar surface area (TPSA) is 72.5 Å². The maximum atomic E-state index is 13.3. The second kappa shape index (κ2) is 10.5. The Balaban J connectivity index is 1.80. The average Bonchev–Trinajstić information content (AvgIpc) is 2.75. The second-order valence-corrected chi connectivity index (χ2v) is 8.94. The van der Waals surface area contributed by atoms with Crippen molar-refractivity contribution < 1.29 is 14.1 Å². The molecule has 0 spiro atoms.